The monoisotopic (exact) mass is 266 g/mol. The third-order valence-electron chi connectivity index (χ3n) is 3.55. The van der Waals surface area contributed by atoms with E-state index in [2.05, 4.69) is 0 Å². The van der Waals surface area contributed by atoms with Crippen LogP contribution in [0.1, 0.15) is 27.0 Å². The molecule has 100 valence electrons. The first-order valence-corrected chi connectivity index (χ1v) is 6.45. The maximum Gasteiger partial charge on any atom is 0.189 e. The summed E-state index contributed by atoms with van der Waals surface area (Å²) in [6, 6.07) is 12.6. The summed E-state index contributed by atoms with van der Waals surface area (Å²) in [4.78, 5) is 12.3. The standard InChI is InChI=1S/C17H14O3/c18-10-14-8-11(5-6-16(14)19)7-13-9-12-3-1-2-4-15(12)17(13)20/h1-8,18-19H,9-10H2. The number of phenols is 1. The Morgan fingerprint density at radius 2 is 1.95 bits per heavy atom. The fourth-order valence-corrected chi connectivity index (χ4v) is 2.49. The van der Waals surface area contributed by atoms with Gasteiger partial charge in [0.15, 0.2) is 5.78 Å². The Kier molecular flexibility index (Phi) is 3.12. The normalized spacial score (nSPS) is 15.7. The smallest absolute Gasteiger partial charge is 0.189 e. The second-order valence-corrected chi connectivity index (χ2v) is 4.88. The first-order valence-electron chi connectivity index (χ1n) is 6.45. The molecular weight excluding hydrogens is 252 g/mol. The molecule has 0 radical (unpaired) electrons. The summed E-state index contributed by atoms with van der Waals surface area (Å²) >= 11 is 0. The minimum absolute atomic E-state index is 0.0548. The Labute approximate surface area is 116 Å². The van der Waals surface area contributed by atoms with E-state index in [1.807, 2.05) is 30.3 Å². The third kappa shape index (κ3) is 2.12. The topological polar surface area (TPSA) is 57.5 Å². The van der Waals surface area contributed by atoms with Gasteiger partial charge in [-0.1, -0.05) is 30.3 Å². The fraction of sp³-hybridized carbons (Fsp3) is 0.118. The van der Waals surface area contributed by atoms with Crippen molar-refractivity contribution in [1.29, 1.82) is 0 Å². The fourth-order valence-electron chi connectivity index (χ4n) is 2.49. The van der Waals surface area contributed by atoms with Crippen molar-refractivity contribution in [2.45, 2.75) is 13.0 Å². The van der Waals surface area contributed by atoms with E-state index >= 15 is 0 Å². The molecule has 3 rings (SSSR count). The molecule has 0 bridgehead atoms. The van der Waals surface area contributed by atoms with Crippen LogP contribution in [0.2, 0.25) is 0 Å². The van der Waals surface area contributed by atoms with Crippen LogP contribution in [0.15, 0.2) is 48.0 Å². The van der Waals surface area contributed by atoms with Gasteiger partial charge in [0.05, 0.1) is 6.61 Å². The molecule has 0 atom stereocenters. The lowest BCUT2D eigenvalue weighted by Gasteiger charge is -2.03. The number of ketones is 1. The summed E-state index contributed by atoms with van der Waals surface area (Å²) < 4.78 is 0. The van der Waals surface area contributed by atoms with E-state index in [4.69, 9.17) is 5.11 Å². The van der Waals surface area contributed by atoms with Gasteiger partial charge in [-0.15, -0.1) is 0 Å². The number of aromatic hydroxyl groups is 1. The Bertz CT molecular complexity index is 714. The Balaban J connectivity index is 1.97. The van der Waals surface area contributed by atoms with E-state index in [0.29, 0.717) is 12.0 Å². The van der Waals surface area contributed by atoms with Crippen molar-refractivity contribution in [1.82, 2.24) is 0 Å². The second-order valence-electron chi connectivity index (χ2n) is 4.88. The summed E-state index contributed by atoms with van der Waals surface area (Å²) in [5.74, 6) is 0.120. The molecule has 0 spiro atoms. The van der Waals surface area contributed by atoms with Gasteiger partial charge in [0.25, 0.3) is 0 Å². The minimum atomic E-state index is -0.225. The number of benzene rings is 2. The van der Waals surface area contributed by atoms with E-state index in [9.17, 15) is 9.90 Å². The van der Waals surface area contributed by atoms with Crippen LogP contribution < -0.4 is 0 Å². The zero-order valence-electron chi connectivity index (χ0n) is 10.8. The van der Waals surface area contributed by atoms with Crippen LogP contribution in [0.3, 0.4) is 0 Å². The number of carbonyl (C=O) groups excluding carboxylic acids is 1. The van der Waals surface area contributed by atoms with E-state index in [0.717, 1.165) is 22.3 Å². The number of hydrogen-bond acceptors (Lipinski definition) is 3. The first kappa shape index (κ1) is 12.6. The van der Waals surface area contributed by atoms with Crippen LogP contribution in [-0.2, 0) is 13.0 Å². The Morgan fingerprint density at radius 1 is 1.15 bits per heavy atom. The zero-order chi connectivity index (χ0) is 14.1. The molecule has 3 heteroatoms. The SMILES string of the molecule is O=C1C(=Cc2ccc(O)c(CO)c2)Cc2ccccc21. The quantitative estimate of drug-likeness (QED) is 0.822. The predicted octanol–water partition coefficient (Wildman–Crippen LogP) is 2.71. The first-order chi connectivity index (χ1) is 9.69. The highest BCUT2D eigenvalue weighted by molar-refractivity contribution is 6.15. The molecule has 0 amide bonds. The van der Waals surface area contributed by atoms with E-state index in [1.165, 1.54) is 6.07 Å². The van der Waals surface area contributed by atoms with Crippen LogP contribution >= 0.6 is 0 Å². The molecule has 1 aliphatic carbocycles. The van der Waals surface area contributed by atoms with Gasteiger partial charge in [-0.3, -0.25) is 4.79 Å². The van der Waals surface area contributed by atoms with Gasteiger partial charge >= 0.3 is 0 Å². The van der Waals surface area contributed by atoms with Gasteiger partial charge in [-0.05, 0) is 29.3 Å². The van der Waals surface area contributed by atoms with Crippen molar-refractivity contribution in [3.63, 3.8) is 0 Å². The van der Waals surface area contributed by atoms with Gasteiger partial charge < -0.3 is 10.2 Å². The highest BCUT2D eigenvalue weighted by Crippen LogP contribution is 2.28. The average molecular weight is 266 g/mol. The van der Waals surface area contributed by atoms with Crippen LogP contribution in [0.5, 0.6) is 5.75 Å². The molecule has 0 heterocycles. The maximum atomic E-state index is 12.3. The Morgan fingerprint density at radius 3 is 2.70 bits per heavy atom. The lowest BCUT2D eigenvalue weighted by molar-refractivity contribution is 0.104. The van der Waals surface area contributed by atoms with Gasteiger partial charge in [0.2, 0.25) is 0 Å². The molecule has 0 fully saturated rings. The molecule has 3 nitrogen and oxygen atoms in total. The van der Waals surface area contributed by atoms with Crippen molar-refractivity contribution in [3.05, 3.63) is 70.3 Å². The van der Waals surface area contributed by atoms with Crippen LogP contribution in [0.25, 0.3) is 6.08 Å². The van der Waals surface area contributed by atoms with Crippen molar-refractivity contribution >= 4 is 11.9 Å². The number of hydrogen-bond donors (Lipinski definition) is 2. The van der Waals surface area contributed by atoms with Crippen molar-refractivity contribution in [2.75, 3.05) is 0 Å². The summed E-state index contributed by atoms with van der Waals surface area (Å²) in [7, 11) is 0. The summed E-state index contributed by atoms with van der Waals surface area (Å²) in [6.45, 7) is -0.225. The molecule has 2 aromatic carbocycles. The molecule has 0 saturated carbocycles. The number of rotatable bonds is 2. The van der Waals surface area contributed by atoms with Crippen molar-refractivity contribution in [2.24, 2.45) is 0 Å². The summed E-state index contributed by atoms with van der Waals surface area (Å²) in [6.07, 6.45) is 2.45. The van der Waals surface area contributed by atoms with E-state index < -0.39 is 0 Å². The third-order valence-corrected chi connectivity index (χ3v) is 3.55. The van der Waals surface area contributed by atoms with Crippen molar-refractivity contribution in [3.8, 4) is 5.75 Å². The minimum Gasteiger partial charge on any atom is -0.508 e. The van der Waals surface area contributed by atoms with Crippen LogP contribution in [-0.4, -0.2) is 16.0 Å². The molecule has 1 aliphatic rings. The number of fused-ring (bicyclic) bond motifs is 1. The lowest BCUT2D eigenvalue weighted by Crippen LogP contribution is -1.95. The molecular formula is C17H14O3. The number of aliphatic hydroxyl groups excluding tert-OH is 1. The highest BCUT2D eigenvalue weighted by atomic mass is 16.3. The largest absolute Gasteiger partial charge is 0.508 e. The summed E-state index contributed by atoms with van der Waals surface area (Å²) in [5.41, 5.74) is 3.82. The number of allylic oxidation sites excluding steroid dienone is 1. The maximum absolute atomic E-state index is 12.3. The molecule has 0 aromatic heterocycles. The summed E-state index contributed by atoms with van der Waals surface area (Å²) in [5, 5.41) is 18.7. The van der Waals surface area contributed by atoms with Crippen LogP contribution in [0, 0.1) is 0 Å². The molecule has 2 N–H and O–H groups in total. The van der Waals surface area contributed by atoms with Gasteiger partial charge in [-0.2, -0.15) is 0 Å². The van der Waals surface area contributed by atoms with Gasteiger partial charge in [0, 0.05) is 23.1 Å². The molecule has 0 unspecified atom stereocenters. The second kappa shape index (κ2) is 4.94. The molecule has 0 aliphatic heterocycles. The highest BCUT2D eigenvalue weighted by Gasteiger charge is 2.23. The zero-order valence-corrected chi connectivity index (χ0v) is 10.8. The van der Waals surface area contributed by atoms with Gasteiger partial charge in [-0.25, -0.2) is 0 Å². The van der Waals surface area contributed by atoms with Gasteiger partial charge in [0.1, 0.15) is 5.75 Å². The van der Waals surface area contributed by atoms with E-state index in [1.54, 1.807) is 12.1 Å². The van der Waals surface area contributed by atoms with E-state index in [-0.39, 0.29) is 18.1 Å². The van der Waals surface area contributed by atoms with Crippen molar-refractivity contribution < 1.29 is 15.0 Å². The molecule has 2 aromatic rings. The number of aliphatic hydroxyl groups is 1. The lowest BCUT2D eigenvalue weighted by atomic mass is 10.0. The molecule has 0 saturated heterocycles. The predicted molar refractivity (Wildman–Crippen MR) is 76.5 cm³/mol. The Hall–Kier alpha value is -2.39. The number of carbonyl (C=O) groups is 1. The van der Waals surface area contributed by atoms with Crippen LogP contribution in [0.4, 0.5) is 0 Å². The average Bonchev–Trinajstić information content (AvgIpc) is 2.78. The number of Topliss-reactive ketones (excluding diaryl/α,β-unsaturated/α-hetero) is 1. The molecule has 20 heavy (non-hydrogen) atoms.